The molecule has 0 unspecified atom stereocenters. The Kier molecular flexibility index (Phi) is 3.33. The van der Waals surface area contributed by atoms with Crippen molar-refractivity contribution in [3.05, 3.63) is 42.0 Å². The van der Waals surface area contributed by atoms with Crippen LogP contribution < -0.4 is 9.47 Å². The van der Waals surface area contributed by atoms with E-state index in [0.717, 1.165) is 37.1 Å². The number of hydrogen-bond acceptors (Lipinski definition) is 4. The molecule has 1 fully saturated rings. The van der Waals surface area contributed by atoms with Crippen LogP contribution in [-0.2, 0) is 0 Å². The molecule has 118 valence electrons. The van der Waals surface area contributed by atoms with Crippen LogP contribution in [0.3, 0.4) is 0 Å². The molecule has 2 aliphatic rings. The Bertz CT molecular complexity index is 766. The summed E-state index contributed by atoms with van der Waals surface area (Å²) in [7, 11) is 0. The van der Waals surface area contributed by atoms with Crippen molar-refractivity contribution in [3.8, 4) is 28.4 Å². The quantitative estimate of drug-likeness (QED) is 0.926. The Morgan fingerprint density at radius 1 is 0.957 bits per heavy atom. The highest BCUT2D eigenvalue weighted by molar-refractivity contribution is 5.96. The zero-order valence-electron chi connectivity index (χ0n) is 12.6. The van der Waals surface area contributed by atoms with Gasteiger partial charge in [-0.3, -0.25) is 4.79 Å². The van der Waals surface area contributed by atoms with E-state index < -0.39 is 0 Å². The van der Waals surface area contributed by atoms with E-state index in [9.17, 15) is 9.90 Å². The number of carbonyl (C=O) groups is 1. The van der Waals surface area contributed by atoms with Crippen molar-refractivity contribution in [2.24, 2.45) is 0 Å². The topological polar surface area (TPSA) is 59.0 Å². The number of carbonyl (C=O) groups excluding carboxylic acids is 1. The van der Waals surface area contributed by atoms with E-state index in [0.29, 0.717) is 17.1 Å². The minimum atomic E-state index is -0.0274. The molecule has 4 rings (SSSR count). The highest BCUT2D eigenvalue weighted by Gasteiger charge is 2.21. The number of likely N-dealkylation sites (tertiary alicyclic amines) is 1. The lowest BCUT2D eigenvalue weighted by Gasteiger charge is -2.16. The third-order valence-corrected chi connectivity index (χ3v) is 4.26. The highest BCUT2D eigenvalue weighted by atomic mass is 16.7. The first-order valence-electron chi connectivity index (χ1n) is 7.74. The fraction of sp³-hybridized carbons (Fsp3) is 0.278. The van der Waals surface area contributed by atoms with Crippen molar-refractivity contribution in [1.29, 1.82) is 0 Å². The number of nitrogens with zero attached hydrogens (tertiary/aromatic N) is 1. The molecular weight excluding hydrogens is 294 g/mol. The fourth-order valence-electron chi connectivity index (χ4n) is 3.08. The Hall–Kier alpha value is -2.69. The molecule has 1 saturated heterocycles. The van der Waals surface area contributed by atoms with Crippen LogP contribution in [0.5, 0.6) is 17.2 Å². The van der Waals surface area contributed by atoms with Gasteiger partial charge >= 0.3 is 0 Å². The van der Waals surface area contributed by atoms with Crippen LogP contribution in [0.1, 0.15) is 23.2 Å². The van der Waals surface area contributed by atoms with Gasteiger partial charge < -0.3 is 19.5 Å². The van der Waals surface area contributed by atoms with Crippen molar-refractivity contribution in [1.82, 2.24) is 4.90 Å². The number of amides is 1. The maximum absolute atomic E-state index is 12.5. The van der Waals surface area contributed by atoms with E-state index in [4.69, 9.17) is 9.47 Å². The van der Waals surface area contributed by atoms with Crippen molar-refractivity contribution in [3.63, 3.8) is 0 Å². The van der Waals surface area contributed by atoms with E-state index >= 15 is 0 Å². The number of benzene rings is 2. The molecule has 0 atom stereocenters. The Morgan fingerprint density at radius 3 is 2.57 bits per heavy atom. The first-order chi connectivity index (χ1) is 11.2. The summed E-state index contributed by atoms with van der Waals surface area (Å²) in [4.78, 5) is 14.4. The molecule has 5 nitrogen and oxygen atoms in total. The van der Waals surface area contributed by atoms with Crippen molar-refractivity contribution < 1.29 is 19.4 Å². The molecule has 23 heavy (non-hydrogen) atoms. The second kappa shape index (κ2) is 5.50. The van der Waals surface area contributed by atoms with Gasteiger partial charge in [0.15, 0.2) is 11.5 Å². The van der Waals surface area contributed by atoms with Crippen LogP contribution in [0.4, 0.5) is 0 Å². The second-order valence-corrected chi connectivity index (χ2v) is 5.84. The maximum Gasteiger partial charge on any atom is 0.254 e. The van der Waals surface area contributed by atoms with E-state index in [2.05, 4.69) is 0 Å². The predicted octanol–water partition coefficient (Wildman–Crippen LogP) is 3.02. The Morgan fingerprint density at radius 2 is 1.74 bits per heavy atom. The summed E-state index contributed by atoms with van der Waals surface area (Å²) in [5.41, 5.74) is 2.17. The smallest absolute Gasteiger partial charge is 0.254 e. The molecule has 2 aromatic rings. The van der Waals surface area contributed by atoms with Crippen molar-refractivity contribution in [2.45, 2.75) is 12.8 Å². The van der Waals surface area contributed by atoms with Crippen LogP contribution in [0.2, 0.25) is 0 Å². The number of rotatable bonds is 2. The predicted molar refractivity (Wildman–Crippen MR) is 84.8 cm³/mol. The summed E-state index contributed by atoms with van der Waals surface area (Å²) >= 11 is 0. The lowest BCUT2D eigenvalue weighted by Crippen LogP contribution is -2.27. The van der Waals surface area contributed by atoms with Crippen molar-refractivity contribution in [2.75, 3.05) is 19.9 Å². The summed E-state index contributed by atoms with van der Waals surface area (Å²) < 4.78 is 10.7. The van der Waals surface area contributed by atoms with E-state index in [1.54, 1.807) is 6.07 Å². The SMILES string of the molecule is O=C(c1cc(O)cc(-c2ccc3c(c2)OCO3)c1)N1CCCC1. The maximum atomic E-state index is 12.5. The molecule has 0 radical (unpaired) electrons. The minimum Gasteiger partial charge on any atom is -0.508 e. The number of phenols is 1. The van der Waals surface area contributed by atoms with Crippen LogP contribution in [0, 0.1) is 0 Å². The number of ether oxygens (including phenoxy) is 2. The van der Waals surface area contributed by atoms with Gasteiger partial charge in [-0.05, 0) is 54.3 Å². The molecule has 0 bridgehead atoms. The molecule has 0 aromatic heterocycles. The summed E-state index contributed by atoms with van der Waals surface area (Å²) in [5.74, 6) is 1.45. The second-order valence-electron chi connectivity index (χ2n) is 5.84. The first-order valence-corrected chi connectivity index (χ1v) is 7.74. The van der Waals surface area contributed by atoms with E-state index in [1.165, 1.54) is 6.07 Å². The van der Waals surface area contributed by atoms with Gasteiger partial charge in [0.05, 0.1) is 0 Å². The zero-order chi connectivity index (χ0) is 15.8. The fourth-order valence-corrected chi connectivity index (χ4v) is 3.08. The standard InChI is InChI=1S/C18H17NO4/c20-15-8-13(12-3-4-16-17(10-12)23-11-22-16)7-14(9-15)18(21)19-5-1-2-6-19/h3-4,7-10,20H,1-2,5-6,11H2. The summed E-state index contributed by atoms with van der Waals surface area (Å²) in [6.45, 7) is 1.79. The summed E-state index contributed by atoms with van der Waals surface area (Å²) in [5, 5.41) is 10.0. The molecule has 0 spiro atoms. The molecule has 5 heteroatoms. The molecule has 2 aromatic carbocycles. The van der Waals surface area contributed by atoms with Gasteiger partial charge in [0.25, 0.3) is 5.91 Å². The third kappa shape index (κ3) is 2.59. The minimum absolute atomic E-state index is 0.0274. The van der Waals surface area contributed by atoms with Crippen LogP contribution in [0.15, 0.2) is 36.4 Å². The van der Waals surface area contributed by atoms with Gasteiger partial charge in [0.1, 0.15) is 5.75 Å². The molecule has 0 aliphatic carbocycles. The van der Waals surface area contributed by atoms with Gasteiger partial charge in [-0.1, -0.05) is 6.07 Å². The van der Waals surface area contributed by atoms with Crippen LogP contribution in [0.25, 0.3) is 11.1 Å². The van der Waals surface area contributed by atoms with Gasteiger partial charge in [-0.15, -0.1) is 0 Å². The van der Waals surface area contributed by atoms with Crippen LogP contribution in [-0.4, -0.2) is 35.8 Å². The molecule has 1 amide bonds. The largest absolute Gasteiger partial charge is 0.508 e. The number of hydrogen-bond donors (Lipinski definition) is 1. The number of fused-ring (bicyclic) bond motifs is 1. The van der Waals surface area contributed by atoms with E-state index in [-0.39, 0.29) is 18.4 Å². The first kappa shape index (κ1) is 13.9. The average Bonchev–Trinajstić information content (AvgIpc) is 3.24. The third-order valence-electron chi connectivity index (χ3n) is 4.26. The van der Waals surface area contributed by atoms with Crippen molar-refractivity contribution >= 4 is 5.91 Å². The Labute approximate surface area is 134 Å². The highest BCUT2D eigenvalue weighted by Crippen LogP contribution is 2.37. The summed E-state index contributed by atoms with van der Waals surface area (Å²) in [6, 6.07) is 10.6. The normalized spacial score (nSPS) is 15.9. The van der Waals surface area contributed by atoms with Crippen LogP contribution >= 0.6 is 0 Å². The number of phenolic OH excluding ortho intramolecular Hbond substituents is 1. The number of aromatic hydroxyl groups is 1. The summed E-state index contributed by atoms with van der Waals surface area (Å²) in [6.07, 6.45) is 2.08. The van der Waals surface area contributed by atoms with Gasteiger partial charge in [-0.2, -0.15) is 0 Å². The van der Waals surface area contributed by atoms with Gasteiger partial charge in [-0.25, -0.2) is 0 Å². The molecule has 2 aliphatic heterocycles. The Balaban J connectivity index is 1.70. The van der Waals surface area contributed by atoms with Gasteiger partial charge in [0, 0.05) is 18.7 Å². The average molecular weight is 311 g/mol. The monoisotopic (exact) mass is 311 g/mol. The molecule has 2 heterocycles. The van der Waals surface area contributed by atoms with Gasteiger partial charge in [0.2, 0.25) is 6.79 Å². The molecular formula is C18H17NO4. The molecule has 1 N–H and O–H groups in total. The lowest BCUT2D eigenvalue weighted by molar-refractivity contribution is 0.0792. The lowest BCUT2D eigenvalue weighted by atomic mass is 10.0. The molecule has 0 saturated carbocycles. The van der Waals surface area contributed by atoms with E-state index in [1.807, 2.05) is 29.2 Å². The zero-order valence-corrected chi connectivity index (χ0v) is 12.6.